The van der Waals surface area contributed by atoms with Gasteiger partial charge < -0.3 is 30.9 Å². The maximum atomic E-state index is 13.1. The highest BCUT2D eigenvalue weighted by atomic mass is 35.5. The van der Waals surface area contributed by atoms with E-state index in [0.29, 0.717) is 10.6 Å². The molecule has 1 aromatic carbocycles. The Morgan fingerprint density at radius 1 is 1.24 bits per heavy atom. The Labute approximate surface area is 222 Å². The van der Waals surface area contributed by atoms with Crippen molar-refractivity contribution >= 4 is 40.4 Å². The van der Waals surface area contributed by atoms with Gasteiger partial charge in [-0.15, -0.1) is 0 Å². The van der Waals surface area contributed by atoms with E-state index in [9.17, 15) is 19.8 Å². The van der Waals surface area contributed by atoms with Crippen LogP contribution in [0.3, 0.4) is 0 Å². The van der Waals surface area contributed by atoms with Crippen molar-refractivity contribution in [3.63, 3.8) is 0 Å². The zero-order valence-electron chi connectivity index (χ0n) is 20.4. The van der Waals surface area contributed by atoms with Crippen molar-refractivity contribution in [3.05, 3.63) is 47.0 Å². The van der Waals surface area contributed by atoms with Crippen LogP contribution in [-0.4, -0.2) is 84.4 Å². The third kappa shape index (κ3) is 4.77. The van der Waals surface area contributed by atoms with Gasteiger partial charge in [0.05, 0.1) is 12.9 Å². The summed E-state index contributed by atoms with van der Waals surface area (Å²) in [4.78, 5) is 39.7. The van der Waals surface area contributed by atoms with Gasteiger partial charge in [0, 0.05) is 23.7 Å². The number of carbonyl (C=O) groups is 2. The van der Waals surface area contributed by atoms with Gasteiger partial charge in [-0.05, 0) is 49.4 Å². The molecule has 4 atom stereocenters. The molecule has 2 aromatic heterocycles. The lowest BCUT2D eigenvalue weighted by atomic mass is 9.91. The van der Waals surface area contributed by atoms with E-state index in [1.807, 2.05) is 0 Å². The van der Waals surface area contributed by atoms with Crippen molar-refractivity contribution < 1.29 is 24.5 Å². The van der Waals surface area contributed by atoms with E-state index < -0.39 is 30.4 Å². The maximum Gasteiger partial charge on any atom is 0.254 e. The Balaban J connectivity index is 1.40. The van der Waals surface area contributed by atoms with Gasteiger partial charge in [0.25, 0.3) is 11.8 Å². The predicted octanol–water partition coefficient (Wildman–Crippen LogP) is 0.473. The van der Waals surface area contributed by atoms with Gasteiger partial charge in [0.1, 0.15) is 17.7 Å². The van der Waals surface area contributed by atoms with Crippen molar-refractivity contribution in [2.24, 2.45) is 0 Å². The summed E-state index contributed by atoms with van der Waals surface area (Å²) in [6.07, 6.45) is -1.09. The Morgan fingerprint density at radius 3 is 2.63 bits per heavy atom. The van der Waals surface area contributed by atoms with Gasteiger partial charge in [-0.1, -0.05) is 17.5 Å². The number of aliphatic hydroxyl groups excluding tert-OH is 2. The third-order valence-corrected chi connectivity index (χ3v) is 7.03. The molecular formula is C25H26ClN7O5. The first-order valence-electron chi connectivity index (χ1n) is 12.1. The van der Waals surface area contributed by atoms with Crippen LogP contribution in [0.15, 0.2) is 30.6 Å². The molecule has 3 aromatic rings. The first-order valence-corrected chi connectivity index (χ1v) is 12.4. The molecule has 1 unspecified atom stereocenters. The molecule has 5 rings (SSSR count). The first-order chi connectivity index (χ1) is 18.3. The summed E-state index contributed by atoms with van der Waals surface area (Å²) in [5.41, 5.74) is 7.08. The Hall–Kier alpha value is -3.76. The topological polar surface area (TPSA) is 169 Å². The number of likely N-dealkylation sites (N-methyl/N-ethyl adjacent to an activating group) is 1. The summed E-state index contributed by atoms with van der Waals surface area (Å²) in [6.45, 7) is 0.164. The molecule has 0 bridgehead atoms. The molecule has 12 nitrogen and oxygen atoms in total. The molecule has 2 amide bonds. The highest BCUT2D eigenvalue weighted by Gasteiger charge is 2.47. The Morgan fingerprint density at radius 2 is 1.97 bits per heavy atom. The number of hydrogen-bond donors (Lipinski definition) is 4. The molecule has 5 N–H and O–H groups in total. The van der Waals surface area contributed by atoms with E-state index in [1.165, 1.54) is 17.9 Å². The summed E-state index contributed by atoms with van der Waals surface area (Å²) in [6, 6.07) is 6.83. The fraction of sp³-hybridized carbons (Fsp3) is 0.400. The van der Waals surface area contributed by atoms with Crippen LogP contribution >= 0.6 is 11.6 Å². The van der Waals surface area contributed by atoms with Crippen LogP contribution in [-0.2, 0) is 9.53 Å². The minimum atomic E-state index is -1.45. The average Bonchev–Trinajstić information content (AvgIpc) is 3.43. The van der Waals surface area contributed by atoms with Crippen LogP contribution in [0, 0.1) is 11.8 Å². The number of rotatable bonds is 5. The lowest BCUT2D eigenvalue weighted by Crippen LogP contribution is -2.44. The summed E-state index contributed by atoms with van der Waals surface area (Å²) in [7, 11) is 1.40. The van der Waals surface area contributed by atoms with Crippen molar-refractivity contribution in [3.8, 4) is 11.8 Å². The number of nitrogens with zero attached hydrogens (tertiary/aromatic N) is 5. The van der Waals surface area contributed by atoms with E-state index in [0.717, 1.165) is 19.3 Å². The normalized spacial score (nSPS) is 22.9. The van der Waals surface area contributed by atoms with Crippen molar-refractivity contribution in [2.75, 3.05) is 19.3 Å². The monoisotopic (exact) mass is 539 g/mol. The van der Waals surface area contributed by atoms with Crippen LogP contribution < -0.4 is 11.1 Å². The smallest absolute Gasteiger partial charge is 0.254 e. The molecule has 1 aliphatic heterocycles. The molecule has 0 spiro atoms. The highest BCUT2D eigenvalue weighted by Crippen LogP contribution is 2.32. The minimum Gasteiger partial charge on any atom is -0.387 e. The quantitative estimate of drug-likeness (QED) is 0.337. The average molecular weight is 540 g/mol. The number of amides is 2. The van der Waals surface area contributed by atoms with Gasteiger partial charge >= 0.3 is 0 Å². The molecule has 1 aliphatic carbocycles. The van der Waals surface area contributed by atoms with Crippen molar-refractivity contribution in [1.82, 2.24) is 29.7 Å². The number of hydrogen-bond acceptors (Lipinski definition) is 9. The van der Waals surface area contributed by atoms with Crippen LogP contribution in [0.5, 0.6) is 0 Å². The first kappa shape index (κ1) is 25.9. The lowest BCUT2D eigenvalue weighted by molar-refractivity contribution is -0.137. The fourth-order valence-corrected chi connectivity index (χ4v) is 4.58. The number of imidazole rings is 1. The number of anilines is 1. The number of aliphatic hydroxyl groups is 2. The van der Waals surface area contributed by atoms with E-state index in [4.69, 9.17) is 22.1 Å². The van der Waals surface area contributed by atoms with E-state index in [2.05, 4.69) is 32.1 Å². The van der Waals surface area contributed by atoms with Gasteiger partial charge in [-0.25, -0.2) is 15.0 Å². The molecule has 38 heavy (non-hydrogen) atoms. The van der Waals surface area contributed by atoms with Crippen molar-refractivity contribution in [1.29, 1.82) is 0 Å². The van der Waals surface area contributed by atoms with Crippen molar-refractivity contribution in [2.45, 2.75) is 49.8 Å². The zero-order chi connectivity index (χ0) is 27.0. The minimum absolute atomic E-state index is 0.0574. The molecular weight excluding hydrogens is 514 g/mol. The number of aromatic nitrogens is 4. The van der Waals surface area contributed by atoms with Crippen LogP contribution in [0.4, 0.5) is 5.82 Å². The maximum absolute atomic E-state index is 13.1. The number of nitrogens with two attached hydrogens (primary N) is 1. The van der Waals surface area contributed by atoms with Gasteiger partial charge in [-0.2, -0.15) is 0 Å². The number of carbonyl (C=O) groups excluding carboxylic acids is 2. The standard InChI is InChI=1S/C25H26ClN7O5/c1-28-23(36)20-18(34)19(35)25(38-20)33-12-29-17-21(27)30-16(31-22(17)33)6-3-11-32(15-4-2-5-15)24(37)13-7-9-14(26)10-8-13/h7-10,12,15,18-20,25,34-35H,2,4-5,11H2,1H3,(H,28,36)(H2,27,30,31)/t18?,19-,20+,25-/m1/s1. The lowest BCUT2D eigenvalue weighted by Gasteiger charge is -2.36. The zero-order valence-corrected chi connectivity index (χ0v) is 21.2. The second kappa shape index (κ2) is 10.5. The summed E-state index contributed by atoms with van der Waals surface area (Å²) >= 11 is 5.96. The van der Waals surface area contributed by atoms with Gasteiger partial charge in [0.2, 0.25) is 5.82 Å². The van der Waals surface area contributed by atoms with Gasteiger partial charge in [0.15, 0.2) is 23.8 Å². The molecule has 0 radical (unpaired) electrons. The Kier molecular flexibility index (Phi) is 7.18. The molecule has 198 valence electrons. The number of fused-ring (bicyclic) bond motifs is 1. The number of ether oxygens (including phenoxy) is 1. The molecule has 2 fully saturated rings. The molecule has 2 aliphatic rings. The van der Waals surface area contributed by atoms with E-state index >= 15 is 0 Å². The van der Waals surface area contributed by atoms with Crippen LogP contribution in [0.1, 0.15) is 41.7 Å². The summed E-state index contributed by atoms with van der Waals surface area (Å²) < 4.78 is 7.00. The highest BCUT2D eigenvalue weighted by molar-refractivity contribution is 6.30. The number of halogens is 1. The number of nitrogens with one attached hydrogen (secondary N) is 1. The predicted molar refractivity (Wildman–Crippen MR) is 137 cm³/mol. The SMILES string of the molecule is CNC(=O)[C@H]1O[C@@H](n2cnc3c(N)nc(C#CCN(C(=O)c4ccc(Cl)cc4)C4CCC4)nc32)[C@H](O)C1O. The van der Waals surface area contributed by atoms with E-state index in [1.54, 1.807) is 29.2 Å². The fourth-order valence-electron chi connectivity index (χ4n) is 4.46. The third-order valence-electron chi connectivity index (χ3n) is 6.78. The second-order valence-corrected chi connectivity index (χ2v) is 9.56. The number of benzene rings is 1. The van der Waals surface area contributed by atoms with E-state index in [-0.39, 0.29) is 41.3 Å². The second-order valence-electron chi connectivity index (χ2n) is 9.13. The molecule has 1 saturated carbocycles. The van der Waals surface area contributed by atoms with Gasteiger partial charge in [-0.3, -0.25) is 14.2 Å². The van der Waals surface area contributed by atoms with Crippen LogP contribution in [0.2, 0.25) is 5.02 Å². The summed E-state index contributed by atoms with van der Waals surface area (Å²) in [5, 5.41) is 23.8. The number of nitrogen functional groups attached to an aromatic ring is 1. The van der Waals surface area contributed by atoms with Crippen LogP contribution in [0.25, 0.3) is 11.2 Å². The summed E-state index contributed by atoms with van der Waals surface area (Å²) in [5.74, 6) is 5.27. The largest absolute Gasteiger partial charge is 0.387 e. The Bertz CT molecular complexity index is 1430. The molecule has 1 saturated heterocycles. The molecule has 13 heteroatoms. The molecule has 3 heterocycles.